The maximum absolute atomic E-state index is 5.03. The van der Waals surface area contributed by atoms with Crippen LogP contribution in [0.1, 0.15) is 29.8 Å². The van der Waals surface area contributed by atoms with Gasteiger partial charge in [-0.3, -0.25) is 4.98 Å². The molecule has 0 saturated carbocycles. The predicted molar refractivity (Wildman–Crippen MR) is 114 cm³/mol. The fraction of sp³-hybridized carbons (Fsp3) is 0.348. The molecule has 4 aromatic rings. The number of nitrogens with zero attached hydrogens (tertiary/aromatic N) is 7. The summed E-state index contributed by atoms with van der Waals surface area (Å²) >= 11 is 0. The summed E-state index contributed by atoms with van der Waals surface area (Å²) in [4.78, 5) is 20.4. The van der Waals surface area contributed by atoms with Crippen LogP contribution in [0.3, 0.4) is 0 Å². The number of hydrogen-bond acceptors (Lipinski definition) is 6. The second-order valence-corrected chi connectivity index (χ2v) is 8.57. The molecule has 1 saturated heterocycles. The Morgan fingerprint density at radius 2 is 1.83 bits per heavy atom. The highest BCUT2D eigenvalue weighted by Crippen LogP contribution is 2.44. The standard InChI is InChI=1S/C23H23N7/c1-16-21(18-13-24-15-25-14-18)30-20(4-8-27-30)22(28-16)29-9-5-23(6-10-29)11-17-3-2-7-26-19(17)12-23/h2-4,7-8,13-15H,5-6,9-12H2,1H3. The summed E-state index contributed by atoms with van der Waals surface area (Å²) in [5, 5.41) is 4.60. The molecule has 0 radical (unpaired) electrons. The quantitative estimate of drug-likeness (QED) is 0.517. The van der Waals surface area contributed by atoms with Gasteiger partial charge in [0, 0.05) is 42.9 Å². The zero-order chi connectivity index (χ0) is 20.1. The Morgan fingerprint density at radius 1 is 1.00 bits per heavy atom. The van der Waals surface area contributed by atoms with Crippen molar-refractivity contribution < 1.29 is 0 Å². The average molecular weight is 397 g/mol. The molecule has 0 amide bonds. The maximum Gasteiger partial charge on any atom is 0.155 e. The molecule has 1 spiro atoms. The van der Waals surface area contributed by atoms with Gasteiger partial charge in [-0.15, -0.1) is 0 Å². The lowest BCUT2D eigenvalue weighted by atomic mass is 9.76. The highest BCUT2D eigenvalue weighted by Gasteiger charge is 2.41. The van der Waals surface area contributed by atoms with Gasteiger partial charge in [0.25, 0.3) is 0 Å². The van der Waals surface area contributed by atoms with E-state index < -0.39 is 0 Å². The second kappa shape index (κ2) is 6.58. The minimum atomic E-state index is 0.361. The molecule has 0 aromatic carbocycles. The van der Waals surface area contributed by atoms with Crippen LogP contribution in [0.4, 0.5) is 5.82 Å². The van der Waals surface area contributed by atoms with Crippen LogP contribution >= 0.6 is 0 Å². The molecule has 1 fully saturated rings. The minimum Gasteiger partial charge on any atom is -0.355 e. The van der Waals surface area contributed by atoms with Gasteiger partial charge in [0.15, 0.2) is 5.82 Å². The Hall–Kier alpha value is -3.35. The Kier molecular flexibility index (Phi) is 3.84. The van der Waals surface area contributed by atoms with Crippen molar-refractivity contribution in [1.29, 1.82) is 0 Å². The third kappa shape index (κ3) is 2.69. The van der Waals surface area contributed by atoms with Crippen molar-refractivity contribution in [3.8, 4) is 11.3 Å². The van der Waals surface area contributed by atoms with Gasteiger partial charge in [-0.1, -0.05) is 6.07 Å². The van der Waals surface area contributed by atoms with Crippen LogP contribution in [-0.4, -0.2) is 42.6 Å². The number of aryl methyl sites for hydroxylation is 1. The van der Waals surface area contributed by atoms with Crippen molar-refractivity contribution in [3.05, 3.63) is 66.3 Å². The number of aromatic nitrogens is 6. The monoisotopic (exact) mass is 397 g/mol. The number of anilines is 1. The summed E-state index contributed by atoms with van der Waals surface area (Å²) in [6.07, 6.45) is 13.5. The zero-order valence-corrected chi connectivity index (χ0v) is 17.0. The van der Waals surface area contributed by atoms with Gasteiger partial charge in [0.05, 0.1) is 17.6 Å². The first kappa shape index (κ1) is 17.5. The minimum absolute atomic E-state index is 0.361. The highest BCUT2D eigenvalue weighted by atomic mass is 15.3. The van der Waals surface area contributed by atoms with Crippen LogP contribution in [0.25, 0.3) is 16.8 Å². The molecule has 30 heavy (non-hydrogen) atoms. The van der Waals surface area contributed by atoms with E-state index in [1.54, 1.807) is 6.33 Å². The molecule has 4 aromatic heterocycles. The fourth-order valence-corrected chi connectivity index (χ4v) is 5.22. The number of fused-ring (bicyclic) bond motifs is 2. The molecule has 7 heteroatoms. The maximum atomic E-state index is 5.03. The highest BCUT2D eigenvalue weighted by molar-refractivity contribution is 5.75. The normalized spacial score (nSPS) is 17.6. The fourth-order valence-electron chi connectivity index (χ4n) is 5.22. The Morgan fingerprint density at radius 3 is 2.63 bits per heavy atom. The van der Waals surface area contributed by atoms with Crippen molar-refractivity contribution in [1.82, 2.24) is 29.5 Å². The van der Waals surface area contributed by atoms with E-state index in [1.807, 2.05) is 36.2 Å². The van der Waals surface area contributed by atoms with Gasteiger partial charge in [-0.05, 0) is 55.7 Å². The van der Waals surface area contributed by atoms with Crippen molar-refractivity contribution in [2.75, 3.05) is 18.0 Å². The van der Waals surface area contributed by atoms with Gasteiger partial charge in [-0.2, -0.15) is 5.10 Å². The molecule has 0 atom stereocenters. The van der Waals surface area contributed by atoms with E-state index in [0.29, 0.717) is 5.41 Å². The number of pyridine rings is 1. The van der Waals surface area contributed by atoms with Crippen LogP contribution in [0, 0.1) is 12.3 Å². The second-order valence-electron chi connectivity index (χ2n) is 8.57. The number of piperidine rings is 1. The molecule has 0 bridgehead atoms. The van der Waals surface area contributed by atoms with Gasteiger partial charge in [0.2, 0.25) is 0 Å². The first-order chi connectivity index (χ1) is 14.7. The van der Waals surface area contributed by atoms with E-state index in [-0.39, 0.29) is 0 Å². The van der Waals surface area contributed by atoms with Crippen molar-refractivity contribution in [3.63, 3.8) is 0 Å². The Bertz CT molecular complexity index is 1200. The largest absolute Gasteiger partial charge is 0.355 e. The predicted octanol–water partition coefficient (Wildman–Crippen LogP) is 3.28. The lowest BCUT2D eigenvalue weighted by molar-refractivity contribution is 0.231. The van der Waals surface area contributed by atoms with Crippen LogP contribution in [0.5, 0.6) is 0 Å². The molecule has 6 rings (SSSR count). The topological polar surface area (TPSA) is 72.1 Å². The third-order valence-corrected chi connectivity index (χ3v) is 6.75. The Labute approximate surface area is 174 Å². The summed E-state index contributed by atoms with van der Waals surface area (Å²) in [7, 11) is 0. The molecule has 1 aliphatic heterocycles. The lowest BCUT2D eigenvalue weighted by Gasteiger charge is -2.40. The van der Waals surface area contributed by atoms with Crippen LogP contribution < -0.4 is 4.90 Å². The van der Waals surface area contributed by atoms with Gasteiger partial charge < -0.3 is 4.90 Å². The molecular formula is C23H23N7. The SMILES string of the molecule is Cc1nc(N2CCC3(CC2)Cc2cccnc2C3)c2ccnn2c1-c1cncnc1. The number of hydrogen-bond donors (Lipinski definition) is 0. The van der Waals surface area contributed by atoms with Crippen molar-refractivity contribution in [2.45, 2.75) is 32.6 Å². The van der Waals surface area contributed by atoms with Gasteiger partial charge in [-0.25, -0.2) is 19.5 Å². The summed E-state index contributed by atoms with van der Waals surface area (Å²) in [6, 6.07) is 6.36. The molecule has 5 heterocycles. The van der Waals surface area contributed by atoms with Crippen molar-refractivity contribution >= 4 is 11.3 Å². The number of rotatable bonds is 2. The zero-order valence-electron chi connectivity index (χ0n) is 17.0. The van der Waals surface area contributed by atoms with Gasteiger partial charge in [0.1, 0.15) is 11.8 Å². The average Bonchev–Trinajstić information content (AvgIpc) is 3.39. The lowest BCUT2D eigenvalue weighted by Crippen LogP contribution is -2.41. The molecule has 0 unspecified atom stereocenters. The third-order valence-electron chi connectivity index (χ3n) is 6.75. The van der Waals surface area contributed by atoms with E-state index in [2.05, 4.69) is 43.1 Å². The summed E-state index contributed by atoms with van der Waals surface area (Å²) < 4.78 is 1.98. The molecule has 7 nitrogen and oxygen atoms in total. The molecule has 1 aliphatic carbocycles. The molecular weight excluding hydrogens is 374 g/mol. The molecule has 0 N–H and O–H groups in total. The van der Waals surface area contributed by atoms with E-state index in [0.717, 1.165) is 54.2 Å². The summed E-state index contributed by atoms with van der Waals surface area (Å²) in [5.74, 6) is 1.02. The summed E-state index contributed by atoms with van der Waals surface area (Å²) in [6.45, 7) is 4.06. The van der Waals surface area contributed by atoms with E-state index in [4.69, 9.17) is 4.98 Å². The summed E-state index contributed by atoms with van der Waals surface area (Å²) in [5.41, 5.74) is 6.95. The van der Waals surface area contributed by atoms with Crippen LogP contribution in [0.15, 0.2) is 49.3 Å². The van der Waals surface area contributed by atoms with E-state index >= 15 is 0 Å². The smallest absolute Gasteiger partial charge is 0.155 e. The van der Waals surface area contributed by atoms with Gasteiger partial charge >= 0.3 is 0 Å². The molecule has 2 aliphatic rings. The van der Waals surface area contributed by atoms with Crippen molar-refractivity contribution in [2.24, 2.45) is 5.41 Å². The molecule has 150 valence electrons. The van der Waals surface area contributed by atoms with E-state index in [1.165, 1.54) is 24.1 Å². The van der Waals surface area contributed by atoms with E-state index in [9.17, 15) is 0 Å². The first-order valence-corrected chi connectivity index (χ1v) is 10.5. The van der Waals surface area contributed by atoms with Crippen LogP contribution in [0.2, 0.25) is 0 Å². The first-order valence-electron chi connectivity index (χ1n) is 10.5. The van der Waals surface area contributed by atoms with Crippen LogP contribution in [-0.2, 0) is 12.8 Å². The Balaban J connectivity index is 1.31.